The Labute approximate surface area is 133 Å². The molecule has 5 heteroatoms. The molecule has 5 nitrogen and oxygen atoms in total. The first kappa shape index (κ1) is 14.9. The van der Waals surface area contributed by atoms with E-state index in [1.807, 2.05) is 42.5 Å². The standard InChI is InChI=1S/C18H15NO4/c1-2-22-18(21)16-14(10-20)11-23-17(16)19-15-8-7-12-5-3-4-6-13(12)9-15/h3-9,19H,2,11H2,1H3. The fourth-order valence-electron chi connectivity index (χ4n) is 2.42. The monoisotopic (exact) mass is 309 g/mol. The highest BCUT2D eigenvalue weighted by Gasteiger charge is 2.30. The van der Waals surface area contributed by atoms with Crippen LogP contribution in [0.1, 0.15) is 6.92 Å². The van der Waals surface area contributed by atoms with Crippen molar-refractivity contribution in [3.8, 4) is 0 Å². The van der Waals surface area contributed by atoms with Gasteiger partial charge in [0.2, 0.25) is 5.88 Å². The Morgan fingerprint density at radius 3 is 2.78 bits per heavy atom. The van der Waals surface area contributed by atoms with Crippen molar-refractivity contribution in [2.24, 2.45) is 0 Å². The van der Waals surface area contributed by atoms with Crippen LogP contribution in [0.3, 0.4) is 0 Å². The molecule has 0 amide bonds. The summed E-state index contributed by atoms with van der Waals surface area (Å²) < 4.78 is 10.4. The first-order valence-electron chi connectivity index (χ1n) is 7.27. The first-order valence-corrected chi connectivity index (χ1v) is 7.27. The van der Waals surface area contributed by atoms with Crippen molar-refractivity contribution >= 4 is 28.4 Å². The van der Waals surface area contributed by atoms with Gasteiger partial charge < -0.3 is 14.8 Å². The number of rotatable bonds is 4. The molecule has 2 aromatic carbocycles. The zero-order valence-electron chi connectivity index (χ0n) is 12.6. The molecule has 1 aliphatic rings. The van der Waals surface area contributed by atoms with Gasteiger partial charge in [-0.05, 0) is 29.8 Å². The smallest absolute Gasteiger partial charge is 0.344 e. The van der Waals surface area contributed by atoms with E-state index in [9.17, 15) is 9.59 Å². The van der Waals surface area contributed by atoms with Gasteiger partial charge in [-0.25, -0.2) is 9.59 Å². The number of carbonyl (C=O) groups is 1. The van der Waals surface area contributed by atoms with Gasteiger partial charge in [-0.1, -0.05) is 30.3 Å². The van der Waals surface area contributed by atoms with Crippen LogP contribution in [0.2, 0.25) is 0 Å². The number of hydrogen-bond donors (Lipinski definition) is 1. The third kappa shape index (κ3) is 2.96. The molecule has 0 aliphatic carbocycles. The number of benzene rings is 2. The molecule has 0 aromatic heterocycles. The summed E-state index contributed by atoms with van der Waals surface area (Å²) in [6, 6.07) is 13.7. The zero-order chi connectivity index (χ0) is 16.2. The summed E-state index contributed by atoms with van der Waals surface area (Å²) in [7, 11) is 0. The molecule has 0 spiro atoms. The molecular weight excluding hydrogens is 294 g/mol. The minimum Gasteiger partial charge on any atom is -0.473 e. The van der Waals surface area contributed by atoms with E-state index in [2.05, 4.69) is 5.32 Å². The second-order valence-electron chi connectivity index (χ2n) is 4.98. The van der Waals surface area contributed by atoms with Gasteiger partial charge in [-0.15, -0.1) is 0 Å². The van der Waals surface area contributed by atoms with Crippen molar-refractivity contribution in [2.75, 3.05) is 18.5 Å². The van der Waals surface area contributed by atoms with E-state index in [1.54, 1.807) is 12.9 Å². The topological polar surface area (TPSA) is 64.6 Å². The Hall–Kier alpha value is -3.04. The lowest BCUT2D eigenvalue weighted by Gasteiger charge is -2.10. The van der Waals surface area contributed by atoms with Crippen LogP contribution in [0.15, 0.2) is 59.5 Å². The summed E-state index contributed by atoms with van der Waals surface area (Å²) in [6.45, 7) is 1.93. The van der Waals surface area contributed by atoms with Crippen LogP contribution in [0.4, 0.5) is 5.69 Å². The van der Waals surface area contributed by atoms with Crippen LogP contribution in [-0.4, -0.2) is 25.1 Å². The maximum atomic E-state index is 12.0. The van der Waals surface area contributed by atoms with E-state index in [-0.39, 0.29) is 30.2 Å². The van der Waals surface area contributed by atoms with Crippen molar-refractivity contribution < 1.29 is 19.1 Å². The molecule has 0 atom stereocenters. The molecule has 0 bridgehead atoms. The Bertz CT molecular complexity index is 847. The van der Waals surface area contributed by atoms with E-state index < -0.39 is 5.97 Å². The van der Waals surface area contributed by atoms with E-state index in [0.29, 0.717) is 0 Å². The maximum absolute atomic E-state index is 12.0. The molecule has 1 aliphatic heterocycles. The van der Waals surface area contributed by atoms with E-state index >= 15 is 0 Å². The Balaban J connectivity index is 1.96. The molecule has 0 radical (unpaired) electrons. The fourth-order valence-corrected chi connectivity index (χ4v) is 2.42. The summed E-state index contributed by atoms with van der Waals surface area (Å²) in [5.41, 5.74) is 1.02. The number of carbonyl (C=O) groups excluding carboxylic acids is 2. The van der Waals surface area contributed by atoms with Gasteiger partial charge in [0, 0.05) is 5.69 Å². The minimum atomic E-state index is -0.591. The molecule has 1 N–H and O–H groups in total. The summed E-state index contributed by atoms with van der Waals surface area (Å²) in [5.74, 6) is 1.37. The molecule has 3 rings (SSSR count). The SMILES string of the molecule is CCOC(=O)C1=C(Nc2ccc3ccccc3c2)OCC1=C=O. The van der Waals surface area contributed by atoms with E-state index in [0.717, 1.165) is 16.5 Å². The third-order valence-electron chi connectivity index (χ3n) is 3.50. The second-order valence-corrected chi connectivity index (χ2v) is 4.98. The Kier molecular flexibility index (Phi) is 4.13. The molecule has 2 aromatic rings. The largest absolute Gasteiger partial charge is 0.473 e. The highest BCUT2D eigenvalue weighted by atomic mass is 16.5. The number of fused-ring (bicyclic) bond motifs is 1. The zero-order valence-corrected chi connectivity index (χ0v) is 12.6. The lowest BCUT2D eigenvalue weighted by atomic mass is 10.1. The van der Waals surface area contributed by atoms with Crippen LogP contribution in [0.5, 0.6) is 0 Å². The van der Waals surface area contributed by atoms with E-state index in [4.69, 9.17) is 9.47 Å². The molecular formula is C18H15NO4. The highest BCUT2D eigenvalue weighted by molar-refractivity contribution is 5.98. The predicted molar refractivity (Wildman–Crippen MR) is 86.4 cm³/mol. The molecule has 0 unspecified atom stereocenters. The number of nitrogens with one attached hydrogen (secondary N) is 1. The molecule has 0 saturated carbocycles. The van der Waals surface area contributed by atoms with Gasteiger partial charge in [0.05, 0.1) is 12.2 Å². The summed E-state index contributed by atoms with van der Waals surface area (Å²) in [4.78, 5) is 23.0. The Morgan fingerprint density at radius 1 is 1.26 bits per heavy atom. The Morgan fingerprint density at radius 2 is 2.04 bits per heavy atom. The van der Waals surface area contributed by atoms with Crippen LogP contribution in [0, 0.1) is 0 Å². The lowest BCUT2D eigenvalue weighted by molar-refractivity contribution is -0.138. The molecule has 1 heterocycles. The van der Waals surface area contributed by atoms with Crippen molar-refractivity contribution in [3.05, 3.63) is 59.5 Å². The van der Waals surface area contributed by atoms with E-state index in [1.165, 1.54) is 0 Å². The van der Waals surface area contributed by atoms with Crippen molar-refractivity contribution in [3.63, 3.8) is 0 Å². The number of esters is 1. The van der Waals surface area contributed by atoms with Crippen LogP contribution in [-0.2, 0) is 19.1 Å². The second kappa shape index (κ2) is 6.38. The first-order chi connectivity index (χ1) is 11.2. The average molecular weight is 309 g/mol. The molecule has 0 saturated heterocycles. The van der Waals surface area contributed by atoms with Gasteiger partial charge in [-0.3, -0.25) is 0 Å². The number of hydrogen-bond acceptors (Lipinski definition) is 5. The summed E-state index contributed by atoms with van der Waals surface area (Å²) in [6.07, 6.45) is 0. The van der Waals surface area contributed by atoms with Crippen LogP contribution < -0.4 is 5.32 Å². The average Bonchev–Trinajstić information content (AvgIpc) is 2.97. The van der Waals surface area contributed by atoms with Gasteiger partial charge in [0.1, 0.15) is 18.1 Å². The fraction of sp³-hybridized carbons (Fsp3) is 0.167. The highest BCUT2D eigenvalue weighted by Crippen LogP contribution is 2.27. The van der Waals surface area contributed by atoms with Gasteiger partial charge >= 0.3 is 5.97 Å². The normalized spacial score (nSPS) is 13.7. The van der Waals surface area contributed by atoms with Gasteiger partial charge in [-0.2, -0.15) is 0 Å². The molecule has 23 heavy (non-hydrogen) atoms. The lowest BCUT2D eigenvalue weighted by Crippen LogP contribution is -2.12. The number of anilines is 1. The van der Waals surface area contributed by atoms with Gasteiger partial charge in [0.25, 0.3) is 0 Å². The van der Waals surface area contributed by atoms with Gasteiger partial charge in [0.15, 0.2) is 0 Å². The summed E-state index contributed by atoms with van der Waals surface area (Å²) >= 11 is 0. The quantitative estimate of drug-likeness (QED) is 0.695. The van der Waals surface area contributed by atoms with Crippen LogP contribution >= 0.6 is 0 Å². The van der Waals surface area contributed by atoms with Crippen molar-refractivity contribution in [2.45, 2.75) is 6.92 Å². The maximum Gasteiger partial charge on any atom is 0.344 e. The molecule has 0 fully saturated rings. The predicted octanol–water partition coefficient (Wildman–Crippen LogP) is 2.81. The van der Waals surface area contributed by atoms with Crippen molar-refractivity contribution in [1.29, 1.82) is 0 Å². The molecule has 116 valence electrons. The minimum absolute atomic E-state index is 0.00750. The van der Waals surface area contributed by atoms with Crippen molar-refractivity contribution in [1.82, 2.24) is 0 Å². The van der Waals surface area contributed by atoms with Crippen LogP contribution in [0.25, 0.3) is 10.8 Å². The third-order valence-corrected chi connectivity index (χ3v) is 3.50. The summed E-state index contributed by atoms with van der Waals surface area (Å²) in [5, 5.41) is 5.21. The number of ether oxygens (including phenoxy) is 2.